The molecular formula is C16H18N8O. The van der Waals surface area contributed by atoms with Crippen molar-refractivity contribution < 1.29 is 4.79 Å². The van der Waals surface area contributed by atoms with E-state index in [2.05, 4.69) is 27.1 Å². The van der Waals surface area contributed by atoms with Gasteiger partial charge in [-0.25, -0.2) is 14.5 Å². The standard InChI is InChI=1S/C16H18N8O/c1-3-14(25)23-5-4-11(7-23)13-9-24-16(17-10-19-24)15(21-13)20-12-6-18-22(2)8-12/h3,6,8-11H,1,4-5,7H2,2H3,(H,20,21)/t11-/m0/s1. The van der Waals surface area contributed by atoms with Gasteiger partial charge in [-0.1, -0.05) is 6.58 Å². The van der Waals surface area contributed by atoms with Crippen LogP contribution in [0.5, 0.6) is 0 Å². The maximum Gasteiger partial charge on any atom is 0.245 e. The van der Waals surface area contributed by atoms with Gasteiger partial charge in [0.25, 0.3) is 0 Å². The van der Waals surface area contributed by atoms with E-state index in [9.17, 15) is 4.79 Å². The first-order valence-corrected chi connectivity index (χ1v) is 8.01. The van der Waals surface area contributed by atoms with Crippen molar-refractivity contribution in [2.24, 2.45) is 7.05 Å². The molecule has 1 atom stereocenters. The van der Waals surface area contributed by atoms with E-state index in [0.29, 0.717) is 24.6 Å². The predicted molar refractivity (Wildman–Crippen MR) is 91.4 cm³/mol. The molecule has 0 radical (unpaired) electrons. The van der Waals surface area contributed by atoms with Crippen molar-refractivity contribution in [3.05, 3.63) is 43.3 Å². The summed E-state index contributed by atoms with van der Waals surface area (Å²) in [7, 11) is 1.85. The number of anilines is 2. The first kappa shape index (κ1) is 15.3. The molecule has 1 saturated heterocycles. The molecule has 0 saturated carbocycles. The SMILES string of the molecule is C=CC(=O)N1CC[C@H](c2cn3ncnc3c(Nc3cnn(C)c3)n2)C1. The zero-order valence-electron chi connectivity index (χ0n) is 13.8. The highest BCUT2D eigenvalue weighted by Crippen LogP contribution is 2.28. The van der Waals surface area contributed by atoms with Crippen molar-refractivity contribution in [1.29, 1.82) is 0 Å². The van der Waals surface area contributed by atoms with Gasteiger partial charge in [0.15, 0.2) is 11.5 Å². The lowest BCUT2D eigenvalue weighted by Gasteiger charge is -2.15. The second kappa shape index (κ2) is 6.00. The van der Waals surface area contributed by atoms with E-state index in [1.54, 1.807) is 20.3 Å². The van der Waals surface area contributed by atoms with Gasteiger partial charge in [0.05, 0.1) is 23.8 Å². The van der Waals surface area contributed by atoms with E-state index in [4.69, 9.17) is 4.98 Å². The van der Waals surface area contributed by atoms with Gasteiger partial charge in [-0.05, 0) is 12.5 Å². The molecule has 0 unspecified atom stereocenters. The molecule has 1 aliphatic rings. The molecule has 1 amide bonds. The molecule has 1 fully saturated rings. The van der Waals surface area contributed by atoms with Crippen LogP contribution in [0.25, 0.3) is 5.65 Å². The topological polar surface area (TPSA) is 93.2 Å². The van der Waals surface area contributed by atoms with Gasteiger partial charge in [-0.15, -0.1) is 0 Å². The zero-order valence-corrected chi connectivity index (χ0v) is 13.8. The lowest BCUT2D eigenvalue weighted by Crippen LogP contribution is -2.26. The van der Waals surface area contributed by atoms with Crippen LogP contribution in [0.15, 0.2) is 37.6 Å². The summed E-state index contributed by atoms with van der Waals surface area (Å²) in [6.45, 7) is 4.89. The minimum absolute atomic E-state index is 0.0435. The molecule has 9 nitrogen and oxygen atoms in total. The van der Waals surface area contributed by atoms with E-state index in [0.717, 1.165) is 17.8 Å². The Hall–Kier alpha value is -3.23. The van der Waals surface area contributed by atoms with Crippen LogP contribution in [0.4, 0.5) is 11.5 Å². The number of carbonyl (C=O) groups is 1. The highest BCUT2D eigenvalue weighted by atomic mass is 16.2. The van der Waals surface area contributed by atoms with Gasteiger partial charge in [0.1, 0.15) is 6.33 Å². The van der Waals surface area contributed by atoms with Crippen LogP contribution in [0.2, 0.25) is 0 Å². The Balaban J connectivity index is 1.66. The third kappa shape index (κ3) is 2.84. The minimum Gasteiger partial charge on any atom is -0.338 e. The van der Waals surface area contributed by atoms with E-state index >= 15 is 0 Å². The minimum atomic E-state index is -0.0435. The van der Waals surface area contributed by atoms with E-state index in [-0.39, 0.29) is 11.8 Å². The summed E-state index contributed by atoms with van der Waals surface area (Å²) in [4.78, 5) is 22.6. The normalized spacial score (nSPS) is 17.2. The number of amides is 1. The Kier molecular flexibility index (Phi) is 3.68. The van der Waals surface area contributed by atoms with Crippen molar-refractivity contribution in [3.63, 3.8) is 0 Å². The molecule has 3 aromatic rings. The van der Waals surface area contributed by atoms with Crippen molar-refractivity contribution in [1.82, 2.24) is 34.3 Å². The van der Waals surface area contributed by atoms with Crippen molar-refractivity contribution >= 4 is 23.1 Å². The monoisotopic (exact) mass is 338 g/mol. The number of nitrogens with one attached hydrogen (secondary N) is 1. The fourth-order valence-corrected chi connectivity index (χ4v) is 3.08. The zero-order chi connectivity index (χ0) is 17.4. The molecule has 128 valence electrons. The van der Waals surface area contributed by atoms with Crippen molar-refractivity contribution in [2.75, 3.05) is 18.4 Å². The van der Waals surface area contributed by atoms with Crippen LogP contribution < -0.4 is 5.32 Å². The number of rotatable bonds is 4. The summed E-state index contributed by atoms with van der Waals surface area (Å²) in [5, 5.41) is 11.6. The highest BCUT2D eigenvalue weighted by Gasteiger charge is 2.28. The molecule has 1 aliphatic heterocycles. The van der Waals surface area contributed by atoms with E-state index < -0.39 is 0 Å². The maximum absolute atomic E-state index is 11.8. The van der Waals surface area contributed by atoms with E-state index in [1.165, 1.54) is 12.4 Å². The van der Waals surface area contributed by atoms with Crippen LogP contribution >= 0.6 is 0 Å². The fourth-order valence-electron chi connectivity index (χ4n) is 3.08. The molecule has 1 N–H and O–H groups in total. The van der Waals surface area contributed by atoms with Crippen LogP contribution in [-0.2, 0) is 11.8 Å². The third-order valence-electron chi connectivity index (χ3n) is 4.34. The molecule has 0 aliphatic carbocycles. The number of hydrogen-bond acceptors (Lipinski definition) is 6. The molecule has 3 aromatic heterocycles. The van der Waals surface area contributed by atoms with Crippen LogP contribution in [0.1, 0.15) is 18.0 Å². The second-order valence-electron chi connectivity index (χ2n) is 6.04. The first-order valence-electron chi connectivity index (χ1n) is 8.01. The lowest BCUT2D eigenvalue weighted by atomic mass is 10.1. The second-order valence-corrected chi connectivity index (χ2v) is 6.04. The smallest absolute Gasteiger partial charge is 0.245 e. The summed E-state index contributed by atoms with van der Waals surface area (Å²) >= 11 is 0. The fraction of sp³-hybridized carbons (Fsp3) is 0.312. The average molecular weight is 338 g/mol. The van der Waals surface area contributed by atoms with Crippen molar-refractivity contribution in [3.8, 4) is 0 Å². The number of likely N-dealkylation sites (tertiary alicyclic amines) is 1. The Morgan fingerprint density at radius 2 is 2.28 bits per heavy atom. The number of nitrogens with zero attached hydrogens (tertiary/aromatic N) is 7. The highest BCUT2D eigenvalue weighted by molar-refractivity contribution is 5.87. The Bertz CT molecular complexity index is 943. The average Bonchev–Trinajstić information content (AvgIpc) is 3.34. The molecular weight excluding hydrogens is 320 g/mol. The van der Waals surface area contributed by atoms with Crippen LogP contribution in [0, 0.1) is 0 Å². The van der Waals surface area contributed by atoms with Gasteiger partial charge < -0.3 is 10.2 Å². The number of aryl methyl sites for hydroxylation is 1. The Labute approximate surface area is 144 Å². The summed E-state index contributed by atoms with van der Waals surface area (Å²) in [6, 6.07) is 0. The Morgan fingerprint density at radius 1 is 1.40 bits per heavy atom. The summed E-state index contributed by atoms with van der Waals surface area (Å²) < 4.78 is 3.42. The molecule has 4 heterocycles. The third-order valence-corrected chi connectivity index (χ3v) is 4.34. The number of carbonyl (C=O) groups excluding carboxylic acids is 1. The predicted octanol–water partition coefficient (Wildman–Crippen LogP) is 1.10. The van der Waals surface area contributed by atoms with Gasteiger partial charge >= 0.3 is 0 Å². The summed E-state index contributed by atoms with van der Waals surface area (Å²) in [5.41, 5.74) is 2.35. The van der Waals surface area contributed by atoms with Crippen LogP contribution in [0.3, 0.4) is 0 Å². The Morgan fingerprint density at radius 3 is 3.04 bits per heavy atom. The number of hydrogen-bond donors (Lipinski definition) is 1. The summed E-state index contributed by atoms with van der Waals surface area (Å²) in [5.74, 6) is 0.737. The van der Waals surface area contributed by atoms with E-state index in [1.807, 2.05) is 19.4 Å². The molecule has 4 rings (SSSR count). The molecule has 0 spiro atoms. The quantitative estimate of drug-likeness (QED) is 0.716. The van der Waals surface area contributed by atoms with Gasteiger partial charge in [-0.2, -0.15) is 10.2 Å². The van der Waals surface area contributed by atoms with Crippen LogP contribution in [-0.4, -0.2) is 53.3 Å². The lowest BCUT2D eigenvalue weighted by molar-refractivity contribution is -0.125. The van der Waals surface area contributed by atoms with Gasteiger partial charge in [0.2, 0.25) is 5.91 Å². The maximum atomic E-state index is 11.8. The number of aromatic nitrogens is 6. The molecule has 0 aromatic carbocycles. The first-order chi connectivity index (χ1) is 12.1. The van der Waals surface area contributed by atoms with Gasteiger partial charge in [-0.3, -0.25) is 9.48 Å². The molecule has 25 heavy (non-hydrogen) atoms. The largest absolute Gasteiger partial charge is 0.338 e. The molecule has 0 bridgehead atoms. The number of fused-ring (bicyclic) bond motifs is 1. The van der Waals surface area contributed by atoms with Gasteiger partial charge in [0, 0.05) is 32.3 Å². The summed E-state index contributed by atoms with van der Waals surface area (Å²) in [6.07, 6.45) is 9.17. The van der Waals surface area contributed by atoms with Crippen molar-refractivity contribution in [2.45, 2.75) is 12.3 Å². The molecule has 9 heteroatoms.